The molecule has 0 unspecified atom stereocenters. The van der Waals surface area contributed by atoms with Gasteiger partial charge in [-0.05, 0) is 41.1 Å². The van der Waals surface area contributed by atoms with Crippen molar-refractivity contribution in [2.45, 2.75) is 9.99 Å². The van der Waals surface area contributed by atoms with Gasteiger partial charge in [0.1, 0.15) is 17.4 Å². The third kappa shape index (κ3) is 4.57. The Bertz CT molecular complexity index is 1500. The zero-order valence-electron chi connectivity index (χ0n) is 16.9. The van der Waals surface area contributed by atoms with Crippen LogP contribution in [0.25, 0.3) is 27.6 Å². The Morgan fingerprint density at radius 1 is 1.06 bits per heavy atom. The van der Waals surface area contributed by atoms with Gasteiger partial charge in [0.05, 0.1) is 6.26 Å². The average Bonchev–Trinajstić information content (AvgIpc) is 3.60. The van der Waals surface area contributed by atoms with Crippen molar-refractivity contribution < 1.29 is 13.6 Å². The second-order valence-electron chi connectivity index (χ2n) is 6.75. The van der Waals surface area contributed by atoms with E-state index in [0.717, 1.165) is 27.0 Å². The monoisotopic (exact) mass is 470 g/mol. The van der Waals surface area contributed by atoms with Crippen LogP contribution in [0.1, 0.15) is 5.76 Å². The molecule has 2 aromatic carbocycles. The first-order valence-corrected chi connectivity index (χ1v) is 11.4. The molecule has 33 heavy (non-hydrogen) atoms. The van der Waals surface area contributed by atoms with Crippen LogP contribution < -0.4 is 5.32 Å². The summed E-state index contributed by atoms with van der Waals surface area (Å²) >= 11 is 2.63. The van der Waals surface area contributed by atoms with Crippen molar-refractivity contribution in [3.05, 3.63) is 84.3 Å². The maximum Gasteiger partial charge on any atom is 0.268 e. The molecule has 1 N–H and O–H groups in total. The fraction of sp³-hybridized carbons (Fsp3) is 0. The average molecular weight is 471 g/mol. The predicted octanol–water partition coefficient (Wildman–Crippen LogP) is 6.24. The van der Waals surface area contributed by atoms with E-state index in [9.17, 15) is 10.1 Å². The Morgan fingerprint density at radius 3 is 2.79 bits per heavy atom. The second kappa shape index (κ2) is 9.16. The molecule has 1 amide bonds. The first kappa shape index (κ1) is 20.8. The maximum atomic E-state index is 12.6. The minimum absolute atomic E-state index is 0.110. The zero-order chi connectivity index (χ0) is 22.6. The standard InChI is InChI=1S/C24H14N4O3S2/c25-14-16(22(29)26-24-28-27-23(33-24)19-8-4-12-30-19)13-17-10-11-21(31-17)32-20-9-3-6-15-5-1-2-7-18(15)20/h1-13H,(H,26,28,29). The summed E-state index contributed by atoms with van der Waals surface area (Å²) < 4.78 is 11.1. The van der Waals surface area contributed by atoms with Gasteiger partial charge in [-0.3, -0.25) is 10.1 Å². The highest BCUT2D eigenvalue weighted by Crippen LogP contribution is 2.35. The summed E-state index contributed by atoms with van der Waals surface area (Å²) in [6, 6.07) is 23.1. The number of nitrogens with one attached hydrogen (secondary N) is 1. The molecule has 0 saturated heterocycles. The molecule has 5 aromatic rings. The lowest BCUT2D eigenvalue weighted by molar-refractivity contribution is -0.112. The molecule has 0 saturated carbocycles. The molecular weight excluding hydrogens is 456 g/mol. The van der Waals surface area contributed by atoms with Crippen LogP contribution in [0.2, 0.25) is 0 Å². The van der Waals surface area contributed by atoms with E-state index in [2.05, 4.69) is 33.7 Å². The molecule has 0 spiro atoms. The molecule has 0 bridgehead atoms. The van der Waals surface area contributed by atoms with Gasteiger partial charge >= 0.3 is 0 Å². The minimum Gasteiger partial charge on any atom is -0.462 e. The molecule has 160 valence electrons. The van der Waals surface area contributed by atoms with E-state index in [4.69, 9.17) is 8.83 Å². The van der Waals surface area contributed by atoms with E-state index in [1.807, 2.05) is 36.4 Å². The van der Waals surface area contributed by atoms with Gasteiger partial charge in [0.15, 0.2) is 15.9 Å². The summed E-state index contributed by atoms with van der Waals surface area (Å²) in [5.74, 6) is 0.355. The highest BCUT2D eigenvalue weighted by atomic mass is 32.2. The Morgan fingerprint density at radius 2 is 1.94 bits per heavy atom. The van der Waals surface area contributed by atoms with Crippen LogP contribution in [-0.2, 0) is 4.79 Å². The van der Waals surface area contributed by atoms with E-state index in [0.29, 0.717) is 21.6 Å². The van der Waals surface area contributed by atoms with Gasteiger partial charge in [-0.15, -0.1) is 10.2 Å². The molecule has 0 radical (unpaired) electrons. The van der Waals surface area contributed by atoms with Gasteiger partial charge in [0.2, 0.25) is 5.13 Å². The van der Waals surface area contributed by atoms with Gasteiger partial charge in [-0.2, -0.15) is 5.26 Å². The fourth-order valence-corrected chi connectivity index (χ4v) is 4.73. The molecule has 5 rings (SSSR count). The molecule has 0 aliphatic carbocycles. The van der Waals surface area contributed by atoms with Gasteiger partial charge in [0, 0.05) is 11.0 Å². The zero-order valence-corrected chi connectivity index (χ0v) is 18.5. The topological polar surface area (TPSA) is 105 Å². The van der Waals surface area contributed by atoms with E-state index < -0.39 is 5.91 Å². The Balaban J connectivity index is 1.31. The number of carbonyl (C=O) groups excluding carboxylic acids is 1. The summed E-state index contributed by atoms with van der Waals surface area (Å²) in [5, 5.41) is 23.7. The summed E-state index contributed by atoms with van der Waals surface area (Å²) in [5.41, 5.74) is -0.110. The molecular formula is C24H14N4O3S2. The Hall–Kier alpha value is -4.13. The number of nitrogens with zero attached hydrogens (tertiary/aromatic N) is 3. The van der Waals surface area contributed by atoms with Crippen LogP contribution in [0.3, 0.4) is 0 Å². The van der Waals surface area contributed by atoms with Crippen LogP contribution in [0.4, 0.5) is 5.13 Å². The van der Waals surface area contributed by atoms with Gasteiger partial charge in [-0.1, -0.05) is 59.5 Å². The minimum atomic E-state index is -0.598. The molecule has 7 nitrogen and oxygen atoms in total. The number of hydrogen-bond donors (Lipinski definition) is 1. The van der Waals surface area contributed by atoms with Crippen molar-refractivity contribution in [1.29, 1.82) is 5.26 Å². The smallest absolute Gasteiger partial charge is 0.268 e. The van der Waals surface area contributed by atoms with Crippen LogP contribution in [0.15, 0.2) is 97.4 Å². The SMILES string of the molecule is N#CC(=Cc1ccc(Sc2cccc3ccccc23)o1)C(=O)Nc1nnc(-c2ccco2)s1. The lowest BCUT2D eigenvalue weighted by atomic mass is 10.1. The van der Waals surface area contributed by atoms with Crippen molar-refractivity contribution >= 4 is 51.0 Å². The summed E-state index contributed by atoms with van der Waals surface area (Å²) in [6.07, 6.45) is 2.93. The van der Waals surface area contributed by atoms with Crippen molar-refractivity contribution in [3.63, 3.8) is 0 Å². The molecule has 0 atom stereocenters. The van der Waals surface area contributed by atoms with Crippen molar-refractivity contribution in [2.24, 2.45) is 0 Å². The Labute approximate surface area is 196 Å². The van der Waals surface area contributed by atoms with Gasteiger partial charge in [0.25, 0.3) is 5.91 Å². The fourth-order valence-electron chi connectivity index (χ4n) is 3.09. The second-order valence-corrected chi connectivity index (χ2v) is 8.77. The lowest BCUT2D eigenvalue weighted by Gasteiger charge is -2.04. The quantitative estimate of drug-likeness (QED) is 0.231. The first-order chi connectivity index (χ1) is 16.2. The number of fused-ring (bicyclic) bond motifs is 1. The number of hydrogen-bond acceptors (Lipinski definition) is 8. The largest absolute Gasteiger partial charge is 0.462 e. The molecule has 9 heteroatoms. The molecule has 3 heterocycles. The van der Waals surface area contributed by atoms with Gasteiger partial charge in [-0.25, -0.2) is 0 Å². The third-order valence-corrected chi connectivity index (χ3v) is 6.44. The highest BCUT2D eigenvalue weighted by molar-refractivity contribution is 7.99. The number of amides is 1. The van der Waals surface area contributed by atoms with Crippen LogP contribution in [-0.4, -0.2) is 16.1 Å². The van der Waals surface area contributed by atoms with Crippen molar-refractivity contribution in [1.82, 2.24) is 10.2 Å². The normalized spacial score (nSPS) is 11.4. The third-order valence-electron chi connectivity index (χ3n) is 4.59. The number of aromatic nitrogens is 2. The number of rotatable bonds is 6. The number of anilines is 1. The van der Waals surface area contributed by atoms with Crippen LogP contribution >= 0.6 is 23.1 Å². The van der Waals surface area contributed by atoms with Crippen LogP contribution in [0.5, 0.6) is 0 Å². The number of benzene rings is 2. The van der Waals surface area contributed by atoms with E-state index in [1.54, 1.807) is 18.2 Å². The number of nitriles is 1. The first-order valence-electron chi connectivity index (χ1n) is 9.75. The number of furan rings is 2. The van der Waals surface area contributed by atoms with Gasteiger partial charge < -0.3 is 8.83 Å². The summed E-state index contributed by atoms with van der Waals surface area (Å²) in [6.45, 7) is 0. The predicted molar refractivity (Wildman–Crippen MR) is 127 cm³/mol. The Kier molecular flexibility index (Phi) is 5.76. The van der Waals surface area contributed by atoms with E-state index >= 15 is 0 Å². The molecule has 0 fully saturated rings. The number of carbonyl (C=O) groups is 1. The lowest BCUT2D eigenvalue weighted by Crippen LogP contribution is -2.13. The summed E-state index contributed by atoms with van der Waals surface area (Å²) in [7, 11) is 0. The van der Waals surface area contributed by atoms with Crippen molar-refractivity contribution in [2.75, 3.05) is 5.32 Å². The van der Waals surface area contributed by atoms with E-state index in [-0.39, 0.29) is 10.7 Å². The molecule has 0 aliphatic heterocycles. The molecule has 3 aromatic heterocycles. The highest BCUT2D eigenvalue weighted by Gasteiger charge is 2.15. The van der Waals surface area contributed by atoms with Crippen LogP contribution in [0, 0.1) is 11.3 Å². The summed E-state index contributed by atoms with van der Waals surface area (Å²) in [4.78, 5) is 13.6. The molecule has 0 aliphatic rings. The van der Waals surface area contributed by atoms with E-state index in [1.165, 1.54) is 24.1 Å². The van der Waals surface area contributed by atoms with Crippen molar-refractivity contribution in [3.8, 4) is 16.8 Å². The maximum absolute atomic E-state index is 12.6.